The van der Waals surface area contributed by atoms with Crippen molar-refractivity contribution in [1.29, 1.82) is 0 Å². The molecule has 3 fully saturated rings. The van der Waals surface area contributed by atoms with Crippen molar-refractivity contribution in [3.05, 3.63) is 28.0 Å². The number of anilines is 2. The van der Waals surface area contributed by atoms with Crippen LogP contribution in [-0.4, -0.2) is 83.5 Å². The average molecular weight is 682 g/mol. The summed E-state index contributed by atoms with van der Waals surface area (Å²) in [7, 11) is 1.82. The lowest BCUT2D eigenvalue weighted by Crippen LogP contribution is -2.46. The number of nitrogens with zero attached hydrogens (tertiary/aromatic N) is 5. The van der Waals surface area contributed by atoms with Gasteiger partial charge in [0.05, 0.1) is 32.8 Å². The SMILES string of the molecule is CNCCN1c2nc(OC[C@@]34CCCN3C[C@H](F)C4)nc3c(F)c(-c4nc(N)cc(C)c4C(F)(F)F)c(Cl)c(c23)OC2CCCC1C2. The third-order valence-corrected chi connectivity index (χ3v) is 10.5. The van der Waals surface area contributed by atoms with E-state index in [1.807, 2.05) is 7.05 Å². The van der Waals surface area contributed by atoms with Crippen molar-refractivity contribution in [3.8, 4) is 23.0 Å². The van der Waals surface area contributed by atoms with E-state index in [0.29, 0.717) is 44.7 Å². The Morgan fingerprint density at radius 1 is 1.21 bits per heavy atom. The number of pyridine rings is 1. The summed E-state index contributed by atoms with van der Waals surface area (Å²) in [6, 6.07) is 0.910. The fraction of sp³-hybridized carbons (Fsp3) is 0.594. The molecule has 2 saturated heterocycles. The van der Waals surface area contributed by atoms with Crippen molar-refractivity contribution in [3.63, 3.8) is 0 Å². The third-order valence-electron chi connectivity index (χ3n) is 10.1. The number of fused-ring (bicyclic) bond motifs is 3. The van der Waals surface area contributed by atoms with Crippen molar-refractivity contribution in [1.82, 2.24) is 25.2 Å². The topological polar surface area (TPSA) is 102 Å². The molecule has 4 aliphatic rings. The number of aromatic nitrogens is 3. The number of nitrogens with one attached hydrogen (secondary N) is 1. The Morgan fingerprint density at radius 3 is 2.79 bits per heavy atom. The van der Waals surface area contributed by atoms with Crippen molar-refractivity contribution >= 4 is 34.1 Å². The number of aryl methyl sites for hydroxylation is 1. The Morgan fingerprint density at radius 2 is 2.02 bits per heavy atom. The molecule has 2 bridgehead atoms. The Bertz CT molecular complexity index is 1710. The van der Waals surface area contributed by atoms with Crippen LogP contribution < -0.4 is 25.4 Å². The smallest absolute Gasteiger partial charge is 0.418 e. The average Bonchev–Trinajstić information content (AvgIpc) is 3.53. The highest BCUT2D eigenvalue weighted by molar-refractivity contribution is 6.36. The second kappa shape index (κ2) is 12.0. The Kier molecular flexibility index (Phi) is 8.27. The molecule has 5 heterocycles. The Hall–Kier alpha value is -3.23. The minimum absolute atomic E-state index is 0.00829. The largest absolute Gasteiger partial charge is 0.488 e. The van der Waals surface area contributed by atoms with Gasteiger partial charge in [-0.2, -0.15) is 23.1 Å². The summed E-state index contributed by atoms with van der Waals surface area (Å²) in [6.45, 7) is 3.45. The Balaban J connectivity index is 1.47. The number of rotatable bonds is 7. The summed E-state index contributed by atoms with van der Waals surface area (Å²) in [6.07, 6.45) is -1.31. The number of benzene rings is 1. The quantitative estimate of drug-likeness (QED) is 0.288. The second-order valence-corrected chi connectivity index (χ2v) is 13.6. The molecule has 254 valence electrons. The fourth-order valence-corrected chi connectivity index (χ4v) is 8.39. The molecular formula is C32H37ClF5N7O2. The van der Waals surface area contributed by atoms with E-state index in [-0.39, 0.29) is 57.8 Å². The second-order valence-electron chi connectivity index (χ2n) is 13.2. The summed E-state index contributed by atoms with van der Waals surface area (Å²) in [5.41, 5.74) is 2.32. The number of halogens is 6. The molecule has 3 N–H and O–H groups in total. The zero-order valence-electron chi connectivity index (χ0n) is 26.2. The molecule has 0 spiro atoms. The van der Waals surface area contributed by atoms with Crippen LogP contribution in [0.25, 0.3) is 22.2 Å². The van der Waals surface area contributed by atoms with E-state index < -0.39 is 40.5 Å². The van der Waals surface area contributed by atoms with Gasteiger partial charge in [0.1, 0.15) is 36.0 Å². The molecule has 15 heteroatoms. The molecular weight excluding hydrogens is 645 g/mol. The Labute approximate surface area is 274 Å². The summed E-state index contributed by atoms with van der Waals surface area (Å²) in [4.78, 5) is 17.4. The number of likely N-dealkylation sites (N-methyl/N-ethyl adjacent to an activating group) is 1. The first-order valence-corrected chi connectivity index (χ1v) is 16.4. The van der Waals surface area contributed by atoms with E-state index in [4.69, 9.17) is 31.8 Å². The van der Waals surface area contributed by atoms with Crippen LogP contribution in [0.2, 0.25) is 5.02 Å². The molecule has 3 aliphatic heterocycles. The van der Waals surface area contributed by atoms with Gasteiger partial charge in [0.15, 0.2) is 11.6 Å². The van der Waals surface area contributed by atoms with Crippen LogP contribution in [0.4, 0.5) is 33.6 Å². The first kappa shape index (κ1) is 32.3. The summed E-state index contributed by atoms with van der Waals surface area (Å²) in [5.74, 6) is -1.05. The standard InChI is InChI=1S/C32H37ClF5N7O2/c1-16-11-20(39)41-26(23(16)32(36,37)38)21-24(33)28-22-27(25(21)35)42-30(46-15-31-7-4-9-44(31)14-17(34)13-31)43-29(22)45(10-8-40-2)18-5-3-6-19(12-18)47-28/h11,17-19,40H,3-10,12-15H2,1-2H3,(H2,39,41)/t17-,18?,19?,31+/m1/s1. The van der Waals surface area contributed by atoms with E-state index in [0.717, 1.165) is 38.3 Å². The fourth-order valence-electron chi connectivity index (χ4n) is 8.08. The van der Waals surface area contributed by atoms with Gasteiger partial charge in [-0.25, -0.2) is 13.8 Å². The maximum Gasteiger partial charge on any atom is 0.418 e. The highest BCUT2D eigenvalue weighted by Crippen LogP contribution is 2.51. The molecule has 2 unspecified atom stereocenters. The number of hydrogen-bond donors (Lipinski definition) is 2. The van der Waals surface area contributed by atoms with Gasteiger partial charge in [0.25, 0.3) is 0 Å². The van der Waals surface area contributed by atoms with Crippen LogP contribution in [0.3, 0.4) is 0 Å². The van der Waals surface area contributed by atoms with Crippen LogP contribution in [0, 0.1) is 12.7 Å². The van der Waals surface area contributed by atoms with Gasteiger partial charge in [-0.3, -0.25) is 4.90 Å². The van der Waals surface area contributed by atoms with Crippen molar-refractivity contribution in [2.24, 2.45) is 0 Å². The van der Waals surface area contributed by atoms with Gasteiger partial charge in [-0.05, 0) is 64.3 Å². The van der Waals surface area contributed by atoms with Gasteiger partial charge >= 0.3 is 12.2 Å². The molecule has 3 aromatic rings. The number of ether oxygens (including phenoxy) is 2. The number of alkyl halides is 4. The molecule has 1 aliphatic carbocycles. The molecule has 9 nitrogen and oxygen atoms in total. The predicted molar refractivity (Wildman–Crippen MR) is 168 cm³/mol. The van der Waals surface area contributed by atoms with Gasteiger partial charge in [-0.1, -0.05) is 11.6 Å². The zero-order chi connectivity index (χ0) is 33.2. The maximum atomic E-state index is 17.0. The lowest BCUT2D eigenvalue weighted by molar-refractivity contribution is -0.137. The molecule has 7 rings (SSSR count). The van der Waals surface area contributed by atoms with E-state index in [9.17, 15) is 17.6 Å². The minimum atomic E-state index is -4.90. The first-order valence-electron chi connectivity index (χ1n) is 16.1. The van der Waals surface area contributed by atoms with Gasteiger partial charge in [0.2, 0.25) is 0 Å². The molecule has 0 radical (unpaired) electrons. The molecule has 2 aromatic heterocycles. The van der Waals surface area contributed by atoms with Crippen molar-refractivity contribution < 1.29 is 31.4 Å². The van der Waals surface area contributed by atoms with Crippen LogP contribution in [0.5, 0.6) is 11.8 Å². The van der Waals surface area contributed by atoms with Crippen LogP contribution in [0.15, 0.2) is 6.07 Å². The molecule has 1 aromatic carbocycles. The van der Waals surface area contributed by atoms with E-state index >= 15 is 4.39 Å². The summed E-state index contributed by atoms with van der Waals surface area (Å²) < 4.78 is 87.7. The molecule has 4 atom stereocenters. The van der Waals surface area contributed by atoms with Crippen molar-refractivity contribution in [2.45, 2.75) is 81.9 Å². The lowest BCUT2D eigenvalue weighted by Gasteiger charge is -2.41. The number of nitrogens with two attached hydrogens (primary N) is 1. The number of hydrogen-bond acceptors (Lipinski definition) is 9. The lowest BCUT2D eigenvalue weighted by atomic mass is 9.90. The highest BCUT2D eigenvalue weighted by Gasteiger charge is 2.49. The summed E-state index contributed by atoms with van der Waals surface area (Å²) >= 11 is 6.90. The van der Waals surface area contributed by atoms with Crippen molar-refractivity contribution in [2.75, 3.05) is 50.5 Å². The monoisotopic (exact) mass is 681 g/mol. The third kappa shape index (κ3) is 5.59. The number of nitrogen functional groups attached to an aromatic ring is 1. The molecule has 47 heavy (non-hydrogen) atoms. The minimum Gasteiger partial charge on any atom is -0.488 e. The van der Waals surface area contributed by atoms with E-state index in [1.165, 1.54) is 6.92 Å². The van der Waals surface area contributed by atoms with Gasteiger partial charge < -0.3 is 25.4 Å². The maximum absolute atomic E-state index is 17.0. The van der Waals surface area contributed by atoms with Gasteiger partial charge in [-0.15, -0.1) is 0 Å². The highest BCUT2D eigenvalue weighted by atomic mass is 35.5. The van der Waals surface area contributed by atoms with Gasteiger partial charge in [0, 0.05) is 38.5 Å². The van der Waals surface area contributed by atoms with E-state index in [2.05, 4.69) is 25.1 Å². The summed E-state index contributed by atoms with van der Waals surface area (Å²) in [5, 5.41) is 2.94. The first-order chi connectivity index (χ1) is 22.4. The molecule has 0 amide bonds. The van der Waals surface area contributed by atoms with Crippen LogP contribution >= 0.6 is 11.6 Å². The normalized spacial score (nSPS) is 25.9. The van der Waals surface area contributed by atoms with Crippen LogP contribution in [-0.2, 0) is 6.18 Å². The zero-order valence-corrected chi connectivity index (χ0v) is 26.9. The van der Waals surface area contributed by atoms with Crippen LogP contribution in [0.1, 0.15) is 56.1 Å². The predicted octanol–water partition coefficient (Wildman–Crippen LogP) is 6.08. The van der Waals surface area contributed by atoms with E-state index in [1.54, 1.807) is 0 Å². The molecule has 1 saturated carbocycles.